The molecule has 1 saturated carbocycles. The Labute approximate surface area is 147 Å². The van der Waals surface area contributed by atoms with Crippen molar-refractivity contribution in [3.63, 3.8) is 0 Å². The number of rotatable bonds is 5. The summed E-state index contributed by atoms with van der Waals surface area (Å²) in [7, 11) is 0. The van der Waals surface area contributed by atoms with Crippen LogP contribution >= 0.6 is 0 Å². The quantitative estimate of drug-likeness (QED) is 0.632. The molecule has 0 amide bonds. The molecule has 0 radical (unpaired) electrons. The van der Waals surface area contributed by atoms with Crippen LogP contribution in [0.5, 0.6) is 0 Å². The van der Waals surface area contributed by atoms with Gasteiger partial charge in [0.05, 0.1) is 12.2 Å². The van der Waals surface area contributed by atoms with Crippen LogP contribution in [-0.4, -0.2) is 18.5 Å². The van der Waals surface area contributed by atoms with Crippen molar-refractivity contribution in [2.45, 2.75) is 83.7 Å². The molecule has 0 aromatic heterocycles. The summed E-state index contributed by atoms with van der Waals surface area (Å²) in [5.74, 6) is 1.10. The van der Waals surface area contributed by atoms with E-state index in [1.165, 1.54) is 30.4 Å². The van der Waals surface area contributed by atoms with Gasteiger partial charge < -0.3 is 9.47 Å². The average Bonchev–Trinajstić information content (AvgIpc) is 2.94. The van der Waals surface area contributed by atoms with E-state index < -0.39 is 0 Å². The van der Waals surface area contributed by atoms with Crippen LogP contribution in [-0.2, 0) is 9.47 Å². The minimum absolute atomic E-state index is 0.0233. The second kappa shape index (κ2) is 8.31. The molecule has 0 spiro atoms. The van der Waals surface area contributed by atoms with Gasteiger partial charge in [-0.15, -0.1) is 0 Å². The fourth-order valence-corrected chi connectivity index (χ4v) is 4.10. The highest BCUT2D eigenvalue weighted by molar-refractivity contribution is 5.21. The smallest absolute Gasteiger partial charge is 0.158 e. The molecule has 1 heterocycles. The summed E-state index contributed by atoms with van der Waals surface area (Å²) in [4.78, 5) is 0. The number of allylic oxidation sites excluding steroid dienone is 1. The Morgan fingerprint density at radius 2 is 1.92 bits per heavy atom. The van der Waals surface area contributed by atoms with Gasteiger partial charge in [0.25, 0.3) is 0 Å². The molecule has 1 aromatic carbocycles. The normalized spacial score (nSPS) is 33.4. The van der Waals surface area contributed by atoms with Crippen LogP contribution in [0.15, 0.2) is 42.0 Å². The third-order valence-corrected chi connectivity index (χ3v) is 5.54. The van der Waals surface area contributed by atoms with Gasteiger partial charge in [0, 0.05) is 12.3 Å². The summed E-state index contributed by atoms with van der Waals surface area (Å²) in [6, 6.07) is 10.9. The SMILES string of the molecule is CC(C)=CC[C@H]1O[C@H](O[C@@H]2CCCC[C@H]2c2ccccc2)C[C@@H]1C. The van der Waals surface area contributed by atoms with Crippen molar-refractivity contribution in [2.24, 2.45) is 5.92 Å². The van der Waals surface area contributed by atoms with E-state index in [2.05, 4.69) is 57.2 Å². The molecule has 0 N–H and O–H groups in total. The second-order valence-electron chi connectivity index (χ2n) is 7.81. The van der Waals surface area contributed by atoms with E-state index in [9.17, 15) is 0 Å². The van der Waals surface area contributed by atoms with Gasteiger partial charge in [0.1, 0.15) is 0 Å². The summed E-state index contributed by atoms with van der Waals surface area (Å²) in [6.45, 7) is 6.60. The first kappa shape index (κ1) is 17.7. The van der Waals surface area contributed by atoms with Gasteiger partial charge in [0.2, 0.25) is 0 Å². The summed E-state index contributed by atoms with van der Waals surface area (Å²) < 4.78 is 12.7. The zero-order valence-corrected chi connectivity index (χ0v) is 15.4. The molecule has 0 bridgehead atoms. The molecule has 1 aromatic rings. The molecular formula is C22H32O2. The van der Waals surface area contributed by atoms with Crippen molar-refractivity contribution in [3.8, 4) is 0 Å². The second-order valence-corrected chi connectivity index (χ2v) is 7.81. The maximum Gasteiger partial charge on any atom is 0.158 e. The summed E-state index contributed by atoms with van der Waals surface area (Å²) in [5, 5.41) is 0. The molecule has 132 valence electrons. The Hall–Kier alpha value is -1.12. The maximum absolute atomic E-state index is 6.48. The van der Waals surface area contributed by atoms with Gasteiger partial charge in [-0.1, -0.05) is 61.7 Å². The van der Waals surface area contributed by atoms with Crippen LogP contribution in [0.1, 0.15) is 70.8 Å². The Balaban J connectivity index is 1.61. The Morgan fingerprint density at radius 1 is 1.17 bits per heavy atom. The lowest BCUT2D eigenvalue weighted by atomic mass is 9.81. The van der Waals surface area contributed by atoms with Crippen LogP contribution in [0, 0.1) is 5.92 Å². The van der Waals surface area contributed by atoms with E-state index >= 15 is 0 Å². The first-order valence-electron chi connectivity index (χ1n) is 9.62. The molecule has 24 heavy (non-hydrogen) atoms. The standard InChI is InChI=1S/C22H32O2/c1-16(2)13-14-20-17(3)15-22(23-20)24-21-12-8-7-11-19(21)18-9-5-4-6-10-18/h4-6,9-10,13,17,19-22H,7-8,11-12,14-15H2,1-3H3/t17-,19-,20+,21+,22+/m0/s1. The fraction of sp³-hybridized carbons (Fsp3) is 0.636. The molecule has 3 rings (SSSR count). The van der Waals surface area contributed by atoms with Crippen molar-refractivity contribution in [3.05, 3.63) is 47.5 Å². The predicted octanol–water partition coefficient (Wildman–Crippen LogP) is 5.84. The molecule has 5 atom stereocenters. The lowest BCUT2D eigenvalue weighted by molar-refractivity contribution is -0.172. The minimum Gasteiger partial charge on any atom is -0.349 e. The van der Waals surface area contributed by atoms with Crippen molar-refractivity contribution >= 4 is 0 Å². The van der Waals surface area contributed by atoms with E-state index in [-0.39, 0.29) is 6.29 Å². The maximum atomic E-state index is 6.48. The van der Waals surface area contributed by atoms with Gasteiger partial charge in [-0.3, -0.25) is 0 Å². The van der Waals surface area contributed by atoms with Crippen molar-refractivity contribution in [1.82, 2.24) is 0 Å². The molecule has 2 nitrogen and oxygen atoms in total. The predicted molar refractivity (Wildman–Crippen MR) is 99.0 cm³/mol. The van der Waals surface area contributed by atoms with E-state index in [4.69, 9.17) is 9.47 Å². The lowest BCUT2D eigenvalue weighted by Crippen LogP contribution is -2.30. The Bertz CT molecular complexity index is 532. The molecule has 0 unspecified atom stereocenters. The third kappa shape index (κ3) is 4.49. The number of benzene rings is 1. The Morgan fingerprint density at radius 3 is 2.67 bits per heavy atom. The van der Waals surface area contributed by atoms with Crippen LogP contribution in [0.4, 0.5) is 0 Å². The zero-order chi connectivity index (χ0) is 16.9. The number of hydrogen-bond acceptors (Lipinski definition) is 2. The molecule has 1 aliphatic heterocycles. The number of hydrogen-bond donors (Lipinski definition) is 0. The largest absolute Gasteiger partial charge is 0.349 e. The summed E-state index contributed by atoms with van der Waals surface area (Å²) in [5.41, 5.74) is 2.79. The van der Waals surface area contributed by atoms with E-state index in [1.54, 1.807) is 0 Å². The first-order chi connectivity index (χ1) is 11.6. The van der Waals surface area contributed by atoms with Gasteiger partial charge in [-0.2, -0.15) is 0 Å². The Kier molecular flexibility index (Phi) is 6.13. The van der Waals surface area contributed by atoms with Gasteiger partial charge in [-0.05, 0) is 44.6 Å². The highest BCUT2D eigenvalue weighted by atomic mass is 16.7. The van der Waals surface area contributed by atoms with Crippen LogP contribution in [0.25, 0.3) is 0 Å². The molecule has 1 saturated heterocycles. The lowest BCUT2D eigenvalue weighted by Gasteiger charge is -2.33. The van der Waals surface area contributed by atoms with Gasteiger partial charge >= 0.3 is 0 Å². The highest BCUT2D eigenvalue weighted by Gasteiger charge is 2.36. The van der Waals surface area contributed by atoms with Crippen molar-refractivity contribution in [1.29, 1.82) is 0 Å². The summed E-state index contributed by atoms with van der Waals surface area (Å²) in [6.07, 6.45) is 9.90. The molecule has 2 heteroatoms. The van der Waals surface area contributed by atoms with E-state index in [0.29, 0.717) is 24.0 Å². The average molecular weight is 328 g/mol. The minimum atomic E-state index is -0.0233. The number of ether oxygens (including phenoxy) is 2. The first-order valence-corrected chi connectivity index (χ1v) is 9.62. The zero-order valence-electron chi connectivity index (χ0n) is 15.4. The topological polar surface area (TPSA) is 18.5 Å². The molecule has 2 aliphatic rings. The summed E-state index contributed by atoms with van der Waals surface area (Å²) >= 11 is 0. The monoisotopic (exact) mass is 328 g/mol. The van der Waals surface area contributed by atoms with Crippen LogP contribution in [0.3, 0.4) is 0 Å². The van der Waals surface area contributed by atoms with Crippen LogP contribution < -0.4 is 0 Å². The van der Waals surface area contributed by atoms with Crippen LogP contribution in [0.2, 0.25) is 0 Å². The molecule has 1 aliphatic carbocycles. The van der Waals surface area contributed by atoms with Crippen molar-refractivity contribution in [2.75, 3.05) is 0 Å². The molecule has 2 fully saturated rings. The van der Waals surface area contributed by atoms with Gasteiger partial charge in [0.15, 0.2) is 6.29 Å². The van der Waals surface area contributed by atoms with Crippen molar-refractivity contribution < 1.29 is 9.47 Å². The third-order valence-electron chi connectivity index (χ3n) is 5.54. The highest BCUT2D eigenvalue weighted by Crippen LogP contribution is 2.38. The molecular weight excluding hydrogens is 296 g/mol. The van der Waals surface area contributed by atoms with E-state index in [1.807, 2.05) is 0 Å². The van der Waals surface area contributed by atoms with E-state index in [0.717, 1.165) is 19.3 Å². The van der Waals surface area contributed by atoms with Gasteiger partial charge in [-0.25, -0.2) is 0 Å². The fourth-order valence-electron chi connectivity index (χ4n) is 4.10.